The lowest BCUT2D eigenvalue weighted by Gasteiger charge is -2.07. The van der Waals surface area contributed by atoms with E-state index in [1.54, 1.807) is 25.3 Å². The Morgan fingerprint density at radius 2 is 2.20 bits per heavy atom. The Labute approximate surface area is 88.4 Å². The summed E-state index contributed by atoms with van der Waals surface area (Å²) in [6.07, 6.45) is 2.25. The average Bonchev–Trinajstić information content (AvgIpc) is 2.21. The minimum absolute atomic E-state index is 0.351. The molecule has 0 unspecified atom stereocenters. The lowest BCUT2D eigenvalue weighted by Crippen LogP contribution is -2.01. The molecule has 1 aromatic rings. The van der Waals surface area contributed by atoms with Gasteiger partial charge in [-0.25, -0.2) is 9.78 Å². The molecule has 0 aliphatic carbocycles. The average molecular weight is 206 g/mol. The molecule has 4 heteroatoms. The first kappa shape index (κ1) is 11.2. The maximum Gasteiger partial charge on any atom is 0.331 e. The first-order chi connectivity index (χ1) is 7.06. The first-order valence-corrected chi connectivity index (χ1v) is 4.71. The van der Waals surface area contributed by atoms with Crippen LogP contribution in [0.1, 0.15) is 25.8 Å². The normalized spacial score (nSPS) is 12.1. The number of anilines is 1. The maximum absolute atomic E-state index is 10.8. The second-order valence-corrected chi connectivity index (χ2v) is 3.23. The Bertz CT molecular complexity index is 394. The minimum atomic E-state index is -0.899. The van der Waals surface area contributed by atoms with Crippen molar-refractivity contribution in [1.29, 1.82) is 0 Å². The number of pyridine rings is 1. The van der Waals surface area contributed by atoms with Gasteiger partial charge in [0.15, 0.2) is 0 Å². The Kier molecular flexibility index (Phi) is 3.44. The molecule has 1 aromatic heterocycles. The van der Waals surface area contributed by atoms with Crippen LogP contribution in [-0.4, -0.2) is 16.1 Å². The van der Waals surface area contributed by atoms with Crippen LogP contribution in [0.2, 0.25) is 0 Å². The number of nitrogen functional groups attached to an aromatic ring is 1. The molecule has 0 amide bonds. The van der Waals surface area contributed by atoms with E-state index in [1.807, 2.05) is 6.92 Å². The van der Waals surface area contributed by atoms with Crippen LogP contribution < -0.4 is 5.73 Å². The van der Waals surface area contributed by atoms with Gasteiger partial charge in [-0.3, -0.25) is 0 Å². The molecular weight excluding hydrogens is 192 g/mol. The molecule has 0 saturated carbocycles. The number of aliphatic carboxylic acids is 1. The van der Waals surface area contributed by atoms with Gasteiger partial charge in [0.1, 0.15) is 5.82 Å². The van der Waals surface area contributed by atoms with Crippen molar-refractivity contribution in [3.05, 3.63) is 29.5 Å². The van der Waals surface area contributed by atoms with E-state index in [0.717, 1.165) is 11.1 Å². The Hall–Kier alpha value is -1.84. The monoisotopic (exact) mass is 206 g/mol. The molecule has 0 spiro atoms. The number of allylic oxidation sites excluding steroid dienone is 1. The maximum atomic E-state index is 10.8. The summed E-state index contributed by atoms with van der Waals surface area (Å²) in [7, 11) is 0. The lowest BCUT2D eigenvalue weighted by molar-refractivity contribution is -0.132. The zero-order chi connectivity index (χ0) is 11.4. The lowest BCUT2D eigenvalue weighted by atomic mass is 10.00. The van der Waals surface area contributed by atoms with Gasteiger partial charge >= 0.3 is 5.97 Å². The molecule has 1 heterocycles. The zero-order valence-electron chi connectivity index (χ0n) is 8.82. The van der Waals surface area contributed by atoms with Gasteiger partial charge in [0.25, 0.3) is 0 Å². The van der Waals surface area contributed by atoms with E-state index in [1.165, 1.54) is 0 Å². The van der Waals surface area contributed by atoms with E-state index in [0.29, 0.717) is 17.8 Å². The fourth-order valence-electron chi connectivity index (χ4n) is 1.40. The summed E-state index contributed by atoms with van der Waals surface area (Å²) < 4.78 is 0. The van der Waals surface area contributed by atoms with Crippen molar-refractivity contribution >= 4 is 17.4 Å². The number of carboxylic acids is 1. The first-order valence-electron chi connectivity index (χ1n) is 4.71. The number of carboxylic acid groups (broad SMARTS) is 1. The number of aromatic nitrogens is 1. The molecule has 0 aromatic carbocycles. The summed E-state index contributed by atoms with van der Waals surface area (Å²) in [6.45, 7) is 3.51. The molecule has 15 heavy (non-hydrogen) atoms. The summed E-state index contributed by atoms with van der Waals surface area (Å²) in [5.41, 5.74) is 7.41. The molecule has 3 N–H and O–H groups in total. The highest BCUT2D eigenvalue weighted by atomic mass is 16.4. The molecule has 0 aliphatic rings. The van der Waals surface area contributed by atoms with Crippen LogP contribution in [0, 0.1) is 0 Å². The summed E-state index contributed by atoms with van der Waals surface area (Å²) >= 11 is 0. The SMILES string of the molecule is CC/C(=C(/C)C(=O)O)c1ccc(N)nc1. The van der Waals surface area contributed by atoms with Crippen molar-refractivity contribution in [3.8, 4) is 0 Å². The molecule has 0 radical (unpaired) electrons. The number of hydrogen-bond donors (Lipinski definition) is 2. The molecule has 0 aliphatic heterocycles. The van der Waals surface area contributed by atoms with Crippen molar-refractivity contribution in [1.82, 2.24) is 4.98 Å². The summed E-state index contributed by atoms with van der Waals surface area (Å²) in [4.78, 5) is 14.8. The Balaban J connectivity index is 3.19. The fraction of sp³-hybridized carbons (Fsp3) is 0.273. The van der Waals surface area contributed by atoms with Crippen molar-refractivity contribution in [2.75, 3.05) is 5.73 Å². The van der Waals surface area contributed by atoms with Crippen molar-refractivity contribution in [2.45, 2.75) is 20.3 Å². The van der Waals surface area contributed by atoms with Gasteiger partial charge in [-0.2, -0.15) is 0 Å². The third-order valence-corrected chi connectivity index (χ3v) is 2.26. The van der Waals surface area contributed by atoms with Gasteiger partial charge in [-0.15, -0.1) is 0 Å². The van der Waals surface area contributed by atoms with Crippen LogP contribution >= 0.6 is 0 Å². The molecule has 0 atom stereocenters. The number of hydrogen-bond acceptors (Lipinski definition) is 3. The number of nitrogens with zero attached hydrogens (tertiary/aromatic N) is 1. The Morgan fingerprint density at radius 1 is 1.53 bits per heavy atom. The number of rotatable bonds is 3. The second-order valence-electron chi connectivity index (χ2n) is 3.23. The second kappa shape index (κ2) is 4.59. The van der Waals surface area contributed by atoms with Crippen molar-refractivity contribution < 1.29 is 9.90 Å². The standard InChI is InChI=1S/C11H14N2O2/c1-3-9(7(2)11(14)15)8-4-5-10(12)13-6-8/h4-6H,3H2,1-2H3,(H2,12,13)(H,14,15)/b9-7+. The van der Waals surface area contributed by atoms with Crippen molar-refractivity contribution in [3.63, 3.8) is 0 Å². The van der Waals surface area contributed by atoms with Crippen LogP contribution in [0.25, 0.3) is 5.57 Å². The molecule has 1 rings (SSSR count). The molecular formula is C11H14N2O2. The molecule has 4 nitrogen and oxygen atoms in total. The van der Waals surface area contributed by atoms with E-state index < -0.39 is 5.97 Å². The van der Waals surface area contributed by atoms with Gasteiger partial charge in [0.2, 0.25) is 0 Å². The zero-order valence-corrected chi connectivity index (χ0v) is 8.82. The van der Waals surface area contributed by atoms with E-state index in [4.69, 9.17) is 10.8 Å². The van der Waals surface area contributed by atoms with Gasteiger partial charge in [-0.05, 0) is 36.6 Å². The molecule has 80 valence electrons. The molecule has 0 bridgehead atoms. The smallest absolute Gasteiger partial charge is 0.331 e. The van der Waals surface area contributed by atoms with Crippen LogP contribution in [0.5, 0.6) is 0 Å². The highest BCUT2D eigenvalue weighted by molar-refractivity contribution is 5.95. The van der Waals surface area contributed by atoms with Crippen LogP contribution in [0.15, 0.2) is 23.9 Å². The van der Waals surface area contributed by atoms with Crippen LogP contribution in [0.4, 0.5) is 5.82 Å². The highest BCUT2D eigenvalue weighted by Crippen LogP contribution is 2.21. The third-order valence-electron chi connectivity index (χ3n) is 2.26. The van der Waals surface area contributed by atoms with Crippen LogP contribution in [-0.2, 0) is 4.79 Å². The van der Waals surface area contributed by atoms with E-state index in [9.17, 15) is 4.79 Å². The summed E-state index contributed by atoms with van der Waals surface area (Å²) in [6, 6.07) is 3.45. The molecule has 0 saturated heterocycles. The van der Waals surface area contributed by atoms with Gasteiger partial charge in [0.05, 0.1) is 0 Å². The van der Waals surface area contributed by atoms with Crippen molar-refractivity contribution in [2.24, 2.45) is 0 Å². The predicted octanol–water partition coefficient (Wildman–Crippen LogP) is 1.93. The highest BCUT2D eigenvalue weighted by Gasteiger charge is 2.09. The largest absolute Gasteiger partial charge is 0.478 e. The third kappa shape index (κ3) is 2.56. The minimum Gasteiger partial charge on any atom is -0.478 e. The predicted molar refractivity (Wildman–Crippen MR) is 59.2 cm³/mol. The van der Waals surface area contributed by atoms with Gasteiger partial charge in [-0.1, -0.05) is 6.92 Å². The number of carbonyl (C=O) groups is 1. The van der Waals surface area contributed by atoms with Crippen LogP contribution in [0.3, 0.4) is 0 Å². The fourth-order valence-corrected chi connectivity index (χ4v) is 1.40. The van der Waals surface area contributed by atoms with Gasteiger partial charge in [0, 0.05) is 11.8 Å². The van der Waals surface area contributed by atoms with E-state index in [2.05, 4.69) is 4.98 Å². The van der Waals surface area contributed by atoms with Gasteiger partial charge < -0.3 is 10.8 Å². The Morgan fingerprint density at radius 3 is 2.60 bits per heavy atom. The topological polar surface area (TPSA) is 76.2 Å². The van der Waals surface area contributed by atoms with E-state index >= 15 is 0 Å². The summed E-state index contributed by atoms with van der Waals surface area (Å²) in [5.74, 6) is -0.467. The van der Waals surface area contributed by atoms with E-state index in [-0.39, 0.29) is 0 Å². The molecule has 0 fully saturated rings. The number of nitrogens with two attached hydrogens (primary N) is 1. The summed E-state index contributed by atoms with van der Waals surface area (Å²) in [5, 5.41) is 8.90. The quantitative estimate of drug-likeness (QED) is 0.741.